The Morgan fingerprint density at radius 2 is 1.89 bits per heavy atom. The molecular weight excluding hydrogens is 466 g/mol. The molecule has 2 atom stereocenters. The molecule has 1 amide bonds. The molecule has 1 N–H and O–H groups in total. The number of fused-ring (bicyclic) bond motifs is 1. The van der Waals surface area contributed by atoms with E-state index in [1.807, 2.05) is 29.0 Å². The van der Waals surface area contributed by atoms with Gasteiger partial charge in [0.2, 0.25) is 0 Å². The highest BCUT2D eigenvalue weighted by atomic mass is 32.2. The van der Waals surface area contributed by atoms with Gasteiger partial charge in [-0.2, -0.15) is 0 Å². The van der Waals surface area contributed by atoms with Gasteiger partial charge in [0.05, 0.1) is 16.6 Å². The second-order valence-electron chi connectivity index (χ2n) is 9.74. The zero-order chi connectivity index (χ0) is 24.6. The van der Waals surface area contributed by atoms with Crippen LogP contribution in [0.15, 0.2) is 53.7 Å². The molecule has 2 aliphatic rings. The first-order valence-corrected chi connectivity index (χ1v) is 14.1. The van der Waals surface area contributed by atoms with Gasteiger partial charge in [-0.25, -0.2) is 18.2 Å². The number of hydrogen-bond acceptors (Lipinski definition) is 5. The minimum absolute atomic E-state index is 0.0156. The normalized spacial score (nSPS) is 21.8. The summed E-state index contributed by atoms with van der Waals surface area (Å²) in [6.45, 7) is 0.498. The first-order valence-electron chi connectivity index (χ1n) is 12.2. The molecule has 1 saturated carbocycles. The van der Waals surface area contributed by atoms with E-state index >= 15 is 0 Å². The third-order valence-electron chi connectivity index (χ3n) is 7.40. The topological polar surface area (TPSA) is 102 Å². The van der Waals surface area contributed by atoms with E-state index in [4.69, 9.17) is 4.74 Å². The zero-order valence-electron chi connectivity index (χ0n) is 19.8. The van der Waals surface area contributed by atoms with Crippen molar-refractivity contribution in [3.63, 3.8) is 0 Å². The predicted molar refractivity (Wildman–Crippen MR) is 133 cm³/mol. The Hall–Kier alpha value is -3.07. The van der Waals surface area contributed by atoms with E-state index < -0.39 is 15.9 Å². The highest BCUT2D eigenvalue weighted by Gasteiger charge is 2.37. The molecule has 0 bridgehead atoms. The van der Waals surface area contributed by atoms with Gasteiger partial charge >= 0.3 is 6.09 Å². The number of likely N-dealkylation sites (tertiary alicyclic amines) is 1. The second kappa shape index (κ2) is 9.53. The Labute approximate surface area is 205 Å². The lowest BCUT2D eigenvalue weighted by molar-refractivity contribution is 0.0243. The summed E-state index contributed by atoms with van der Waals surface area (Å²) in [4.78, 5) is 18.3. The largest absolute Gasteiger partial charge is 0.489 e. The minimum Gasteiger partial charge on any atom is -0.489 e. The fourth-order valence-electron chi connectivity index (χ4n) is 5.60. The van der Waals surface area contributed by atoms with Crippen molar-refractivity contribution in [3.05, 3.63) is 48.8 Å². The molecule has 0 spiro atoms. The van der Waals surface area contributed by atoms with Crippen molar-refractivity contribution < 1.29 is 23.1 Å². The zero-order valence-corrected chi connectivity index (χ0v) is 20.7. The summed E-state index contributed by atoms with van der Waals surface area (Å²) < 4.78 is 31.9. The van der Waals surface area contributed by atoms with Gasteiger partial charge < -0.3 is 19.3 Å². The number of benzene rings is 1. The van der Waals surface area contributed by atoms with E-state index in [1.165, 1.54) is 25.5 Å². The highest BCUT2D eigenvalue weighted by molar-refractivity contribution is 7.90. The molecule has 8 nitrogen and oxygen atoms in total. The number of carbonyl (C=O) groups is 1. The number of ether oxygens (including phenoxy) is 1. The van der Waals surface area contributed by atoms with E-state index in [2.05, 4.69) is 4.98 Å². The molecule has 1 saturated heterocycles. The minimum atomic E-state index is -3.27. The highest BCUT2D eigenvalue weighted by Crippen LogP contribution is 2.35. The van der Waals surface area contributed by atoms with Crippen LogP contribution in [-0.4, -0.2) is 59.0 Å². The fraction of sp³-hybridized carbons (Fsp3) is 0.462. The average Bonchev–Trinajstić information content (AvgIpc) is 3.28. The van der Waals surface area contributed by atoms with E-state index in [9.17, 15) is 18.3 Å². The van der Waals surface area contributed by atoms with Gasteiger partial charge in [-0.15, -0.1) is 0 Å². The SMILES string of the molecule is CS(=O)(=O)c1ccc2c(ccn2-c2ccc(OC3CCN(C(=O)O)C(C4CCCCC4)C3)cn2)c1. The van der Waals surface area contributed by atoms with E-state index in [0.29, 0.717) is 41.8 Å². The van der Waals surface area contributed by atoms with E-state index in [0.717, 1.165) is 23.7 Å². The van der Waals surface area contributed by atoms with E-state index in [1.54, 1.807) is 29.3 Å². The molecule has 1 aliphatic heterocycles. The van der Waals surface area contributed by atoms with Crippen LogP contribution in [0, 0.1) is 5.92 Å². The van der Waals surface area contributed by atoms with Crippen LogP contribution in [0.2, 0.25) is 0 Å². The Morgan fingerprint density at radius 3 is 2.57 bits per heavy atom. The summed E-state index contributed by atoms with van der Waals surface area (Å²) in [5.41, 5.74) is 0.870. The molecular formula is C26H31N3O5S. The van der Waals surface area contributed by atoms with Crippen molar-refractivity contribution >= 4 is 26.8 Å². The van der Waals surface area contributed by atoms with Crippen molar-refractivity contribution in [1.82, 2.24) is 14.5 Å². The van der Waals surface area contributed by atoms with Gasteiger partial charge in [-0.05, 0) is 55.2 Å². The monoisotopic (exact) mass is 497 g/mol. The van der Waals surface area contributed by atoms with Gasteiger partial charge in [0.15, 0.2) is 9.84 Å². The van der Waals surface area contributed by atoms with Crippen LogP contribution in [0.3, 0.4) is 0 Å². The molecule has 9 heteroatoms. The molecule has 3 aromatic rings. The maximum absolute atomic E-state index is 11.9. The molecule has 1 aliphatic carbocycles. The van der Waals surface area contributed by atoms with Gasteiger partial charge in [-0.1, -0.05) is 19.3 Å². The number of nitrogens with zero attached hydrogens (tertiary/aromatic N) is 3. The van der Waals surface area contributed by atoms with Crippen molar-refractivity contribution in [3.8, 4) is 11.6 Å². The molecule has 1 aromatic carbocycles. The number of amides is 1. The van der Waals surface area contributed by atoms with Crippen molar-refractivity contribution in [2.24, 2.45) is 5.92 Å². The molecule has 2 aromatic heterocycles. The average molecular weight is 498 g/mol. The third kappa shape index (κ3) is 5.00. The third-order valence-corrected chi connectivity index (χ3v) is 8.51. The Kier molecular flexibility index (Phi) is 6.44. The predicted octanol–water partition coefficient (Wildman–Crippen LogP) is 4.90. The molecule has 3 heterocycles. The van der Waals surface area contributed by atoms with Gasteiger partial charge in [0.25, 0.3) is 0 Å². The van der Waals surface area contributed by atoms with Crippen LogP contribution in [0.4, 0.5) is 4.79 Å². The van der Waals surface area contributed by atoms with Crippen molar-refractivity contribution in [2.45, 2.75) is 62.0 Å². The van der Waals surface area contributed by atoms with Crippen LogP contribution in [0.1, 0.15) is 44.9 Å². The van der Waals surface area contributed by atoms with Crippen molar-refractivity contribution in [1.29, 1.82) is 0 Å². The molecule has 0 radical (unpaired) electrons. The summed E-state index contributed by atoms with van der Waals surface area (Å²) in [7, 11) is -3.27. The number of aromatic nitrogens is 2. The molecule has 2 fully saturated rings. The van der Waals surface area contributed by atoms with Crippen molar-refractivity contribution in [2.75, 3.05) is 12.8 Å². The lowest BCUT2D eigenvalue weighted by Gasteiger charge is -2.43. The van der Waals surface area contributed by atoms with Crippen LogP contribution in [0.5, 0.6) is 5.75 Å². The summed E-state index contributed by atoms with van der Waals surface area (Å²) in [6.07, 6.45) is 11.1. The Morgan fingerprint density at radius 1 is 1.09 bits per heavy atom. The lowest BCUT2D eigenvalue weighted by atomic mass is 9.79. The van der Waals surface area contributed by atoms with E-state index in [-0.39, 0.29) is 12.1 Å². The smallest absolute Gasteiger partial charge is 0.407 e. The number of piperidine rings is 1. The van der Waals surface area contributed by atoms with Crippen LogP contribution in [0.25, 0.3) is 16.7 Å². The lowest BCUT2D eigenvalue weighted by Crippen LogP contribution is -2.51. The number of pyridine rings is 1. The fourth-order valence-corrected chi connectivity index (χ4v) is 6.26. The maximum Gasteiger partial charge on any atom is 0.407 e. The Bertz CT molecular complexity index is 1310. The van der Waals surface area contributed by atoms with Crippen LogP contribution in [-0.2, 0) is 9.84 Å². The molecule has 5 rings (SSSR count). The maximum atomic E-state index is 11.9. The number of rotatable bonds is 5. The van der Waals surface area contributed by atoms with Crippen LogP contribution < -0.4 is 4.74 Å². The van der Waals surface area contributed by atoms with Gasteiger partial charge in [-0.3, -0.25) is 0 Å². The first kappa shape index (κ1) is 23.7. The summed E-state index contributed by atoms with van der Waals surface area (Å²) in [6, 6.07) is 10.7. The quantitative estimate of drug-likeness (QED) is 0.538. The number of hydrogen-bond donors (Lipinski definition) is 1. The standard InChI is InChI=1S/C26H31N3O5S/c1-35(32,33)22-8-9-23-19(15-22)11-13-28(23)25-10-7-21(17-27-25)34-20-12-14-29(26(30)31)24(16-20)18-5-3-2-4-6-18/h7-11,13,15,17-18,20,24H,2-6,12,14,16H2,1H3,(H,30,31). The van der Waals surface area contributed by atoms with Gasteiger partial charge in [0, 0.05) is 43.3 Å². The Balaban J connectivity index is 1.30. The molecule has 186 valence electrons. The first-order chi connectivity index (χ1) is 16.8. The summed E-state index contributed by atoms with van der Waals surface area (Å²) in [5.74, 6) is 1.79. The number of sulfone groups is 1. The molecule has 35 heavy (non-hydrogen) atoms. The summed E-state index contributed by atoms with van der Waals surface area (Å²) in [5, 5.41) is 10.5. The summed E-state index contributed by atoms with van der Waals surface area (Å²) >= 11 is 0. The molecule has 2 unspecified atom stereocenters. The second-order valence-corrected chi connectivity index (χ2v) is 11.8. The van der Waals surface area contributed by atoms with Crippen LogP contribution >= 0.6 is 0 Å². The number of carboxylic acid groups (broad SMARTS) is 1. The van der Waals surface area contributed by atoms with Gasteiger partial charge in [0.1, 0.15) is 17.7 Å².